The summed E-state index contributed by atoms with van der Waals surface area (Å²) >= 11 is 0. The molecule has 0 bridgehead atoms. The average molecular weight is 242 g/mol. The molecule has 1 fully saturated rings. The van der Waals surface area contributed by atoms with Gasteiger partial charge in [0.25, 0.3) is 0 Å². The Bertz CT molecular complexity index is 450. The Kier molecular flexibility index (Phi) is 3.13. The van der Waals surface area contributed by atoms with Crippen molar-refractivity contribution in [2.75, 3.05) is 19.4 Å². The Morgan fingerprint density at radius 3 is 2.89 bits per heavy atom. The maximum atomic E-state index is 3.75. The highest BCUT2D eigenvalue weighted by Gasteiger charge is 2.40. The molecule has 96 valence electrons. The highest BCUT2D eigenvalue weighted by atomic mass is 15.1. The normalized spacial score (nSPS) is 29.2. The summed E-state index contributed by atoms with van der Waals surface area (Å²) in [6.07, 6.45) is 7.37. The van der Waals surface area contributed by atoms with Crippen LogP contribution in [-0.2, 0) is 6.54 Å². The first-order valence-corrected chi connectivity index (χ1v) is 6.90. The molecule has 2 heteroatoms. The van der Waals surface area contributed by atoms with Crippen molar-refractivity contribution in [3.8, 4) is 0 Å². The molecule has 1 aromatic rings. The van der Waals surface area contributed by atoms with Crippen molar-refractivity contribution < 1.29 is 0 Å². The lowest BCUT2D eigenvalue weighted by atomic mass is 9.71. The Labute approximate surface area is 110 Å². The lowest BCUT2D eigenvalue weighted by Crippen LogP contribution is -2.43. The molecule has 3 rings (SSSR count). The number of nitrogens with zero attached hydrogens (tertiary/aromatic N) is 1. The van der Waals surface area contributed by atoms with Gasteiger partial charge >= 0.3 is 0 Å². The Balaban J connectivity index is 1.70. The maximum absolute atomic E-state index is 3.75. The third-order valence-corrected chi connectivity index (χ3v) is 4.21. The van der Waals surface area contributed by atoms with Crippen LogP contribution in [0.4, 0.5) is 5.69 Å². The fourth-order valence-corrected chi connectivity index (χ4v) is 3.22. The van der Waals surface area contributed by atoms with Gasteiger partial charge in [0.1, 0.15) is 0 Å². The molecule has 2 nitrogen and oxygen atoms in total. The minimum atomic E-state index is 0.650. The summed E-state index contributed by atoms with van der Waals surface area (Å²) in [7, 11) is 4.24. The van der Waals surface area contributed by atoms with Crippen molar-refractivity contribution >= 4 is 5.69 Å². The summed E-state index contributed by atoms with van der Waals surface area (Å²) < 4.78 is 0. The van der Waals surface area contributed by atoms with Crippen LogP contribution < -0.4 is 5.32 Å². The average Bonchev–Trinajstić information content (AvgIpc) is 2.69. The molecule has 0 aliphatic heterocycles. The fraction of sp³-hybridized carbons (Fsp3) is 0.500. The molecule has 3 unspecified atom stereocenters. The molecule has 0 heterocycles. The van der Waals surface area contributed by atoms with Crippen molar-refractivity contribution in [3.05, 3.63) is 42.0 Å². The van der Waals surface area contributed by atoms with Gasteiger partial charge in [-0.3, -0.25) is 0 Å². The third kappa shape index (κ3) is 2.17. The second kappa shape index (κ2) is 4.77. The first-order valence-electron chi connectivity index (χ1n) is 6.90. The van der Waals surface area contributed by atoms with Crippen LogP contribution in [0.25, 0.3) is 0 Å². The van der Waals surface area contributed by atoms with E-state index < -0.39 is 0 Å². The molecule has 0 saturated heterocycles. The molecule has 0 amide bonds. The second-order valence-electron chi connectivity index (χ2n) is 5.88. The van der Waals surface area contributed by atoms with E-state index in [2.05, 4.69) is 60.7 Å². The number of hydrogen-bond donors (Lipinski definition) is 1. The van der Waals surface area contributed by atoms with Crippen molar-refractivity contribution in [2.45, 2.75) is 25.4 Å². The van der Waals surface area contributed by atoms with Gasteiger partial charge in [0.15, 0.2) is 0 Å². The van der Waals surface area contributed by atoms with Crippen molar-refractivity contribution in [1.82, 2.24) is 4.90 Å². The van der Waals surface area contributed by atoms with E-state index in [-0.39, 0.29) is 0 Å². The Morgan fingerprint density at radius 2 is 2.11 bits per heavy atom. The van der Waals surface area contributed by atoms with Gasteiger partial charge in [0.2, 0.25) is 0 Å². The molecule has 1 N–H and O–H groups in total. The minimum Gasteiger partial charge on any atom is -0.381 e. The summed E-state index contributed by atoms with van der Waals surface area (Å²) in [5.74, 6) is 1.70. The summed E-state index contributed by atoms with van der Waals surface area (Å²) in [6.45, 7) is 1.000. The van der Waals surface area contributed by atoms with Crippen molar-refractivity contribution in [2.24, 2.45) is 11.8 Å². The maximum Gasteiger partial charge on any atom is 0.0388 e. The molecular weight excluding hydrogens is 220 g/mol. The predicted octanol–water partition coefficient (Wildman–Crippen LogP) is 3.12. The van der Waals surface area contributed by atoms with Crippen LogP contribution in [0, 0.1) is 11.8 Å². The number of rotatable bonds is 4. The SMILES string of the molecule is CN(C)Cc1ccccc1NC1CC2CC=CC21. The zero-order valence-electron chi connectivity index (χ0n) is 11.3. The fourth-order valence-electron chi connectivity index (χ4n) is 3.22. The topological polar surface area (TPSA) is 15.3 Å². The zero-order valence-corrected chi connectivity index (χ0v) is 11.3. The molecule has 2 aliphatic rings. The predicted molar refractivity (Wildman–Crippen MR) is 76.6 cm³/mol. The number of para-hydroxylation sites is 1. The lowest BCUT2D eigenvalue weighted by molar-refractivity contribution is 0.217. The van der Waals surface area contributed by atoms with Gasteiger partial charge in [-0.05, 0) is 44.5 Å². The third-order valence-electron chi connectivity index (χ3n) is 4.21. The summed E-state index contributed by atoms with van der Waals surface area (Å²) in [4.78, 5) is 2.22. The molecule has 0 aromatic heterocycles. The standard InChI is InChI=1S/C16H22N2/c1-18(2)11-13-6-3-4-9-15(13)17-16-10-12-7-5-8-14(12)16/h3-6,8-9,12,14,16-17H,7,10-11H2,1-2H3. The van der Waals surface area contributed by atoms with E-state index in [1.165, 1.54) is 24.1 Å². The smallest absolute Gasteiger partial charge is 0.0388 e. The molecule has 1 saturated carbocycles. The first kappa shape index (κ1) is 11.8. The van der Waals surface area contributed by atoms with Gasteiger partial charge in [-0.2, -0.15) is 0 Å². The van der Waals surface area contributed by atoms with Gasteiger partial charge in [-0.15, -0.1) is 0 Å². The van der Waals surface area contributed by atoms with Gasteiger partial charge < -0.3 is 10.2 Å². The molecule has 1 aromatic carbocycles. The van der Waals surface area contributed by atoms with Crippen LogP contribution >= 0.6 is 0 Å². The van der Waals surface area contributed by atoms with Gasteiger partial charge in [0, 0.05) is 24.2 Å². The van der Waals surface area contributed by atoms with Crippen molar-refractivity contribution in [3.63, 3.8) is 0 Å². The van der Waals surface area contributed by atoms with Gasteiger partial charge in [-0.25, -0.2) is 0 Å². The highest BCUT2D eigenvalue weighted by Crippen LogP contribution is 2.44. The number of anilines is 1. The first-order chi connectivity index (χ1) is 8.74. The van der Waals surface area contributed by atoms with Crippen LogP contribution in [0.3, 0.4) is 0 Å². The summed E-state index contributed by atoms with van der Waals surface area (Å²) in [5.41, 5.74) is 2.71. The summed E-state index contributed by atoms with van der Waals surface area (Å²) in [5, 5.41) is 3.75. The van der Waals surface area contributed by atoms with E-state index in [0.29, 0.717) is 6.04 Å². The van der Waals surface area contributed by atoms with Gasteiger partial charge in [-0.1, -0.05) is 30.4 Å². The molecular formula is C16H22N2. The van der Waals surface area contributed by atoms with E-state index in [9.17, 15) is 0 Å². The quantitative estimate of drug-likeness (QED) is 0.816. The number of nitrogens with one attached hydrogen (secondary N) is 1. The zero-order chi connectivity index (χ0) is 12.5. The highest BCUT2D eigenvalue weighted by molar-refractivity contribution is 5.52. The summed E-state index contributed by atoms with van der Waals surface area (Å²) in [6, 6.07) is 9.34. The van der Waals surface area contributed by atoms with E-state index >= 15 is 0 Å². The Morgan fingerprint density at radius 1 is 1.28 bits per heavy atom. The molecule has 3 atom stereocenters. The molecule has 2 aliphatic carbocycles. The monoisotopic (exact) mass is 242 g/mol. The Hall–Kier alpha value is -1.28. The van der Waals surface area contributed by atoms with Crippen LogP contribution in [0.5, 0.6) is 0 Å². The van der Waals surface area contributed by atoms with Crippen LogP contribution in [0.1, 0.15) is 18.4 Å². The van der Waals surface area contributed by atoms with Crippen molar-refractivity contribution in [1.29, 1.82) is 0 Å². The van der Waals surface area contributed by atoms with Crippen LogP contribution in [-0.4, -0.2) is 25.0 Å². The largest absolute Gasteiger partial charge is 0.381 e. The van der Waals surface area contributed by atoms with E-state index in [1.54, 1.807) is 0 Å². The van der Waals surface area contributed by atoms with E-state index in [0.717, 1.165) is 18.4 Å². The molecule has 0 spiro atoms. The van der Waals surface area contributed by atoms with Gasteiger partial charge in [0.05, 0.1) is 0 Å². The van der Waals surface area contributed by atoms with Crippen LogP contribution in [0.15, 0.2) is 36.4 Å². The number of fused-ring (bicyclic) bond motifs is 1. The molecule has 18 heavy (non-hydrogen) atoms. The number of benzene rings is 1. The second-order valence-corrected chi connectivity index (χ2v) is 5.88. The lowest BCUT2D eigenvalue weighted by Gasteiger charge is -2.41. The van der Waals surface area contributed by atoms with Crippen LogP contribution in [0.2, 0.25) is 0 Å². The number of allylic oxidation sites excluding steroid dienone is 1. The van der Waals surface area contributed by atoms with E-state index in [1.807, 2.05) is 0 Å². The molecule has 0 radical (unpaired) electrons. The number of hydrogen-bond acceptors (Lipinski definition) is 2. The minimum absolute atomic E-state index is 0.650. The van der Waals surface area contributed by atoms with E-state index in [4.69, 9.17) is 0 Å².